The van der Waals surface area contributed by atoms with Crippen molar-refractivity contribution in [2.75, 3.05) is 13.1 Å². The van der Waals surface area contributed by atoms with Crippen molar-refractivity contribution in [3.05, 3.63) is 18.2 Å². The molecule has 2 aliphatic rings. The molecule has 2 unspecified atom stereocenters. The maximum Gasteiger partial charge on any atom is 0.225 e. The quantitative estimate of drug-likeness (QED) is 0.870. The van der Waals surface area contributed by atoms with Gasteiger partial charge in [0.2, 0.25) is 5.91 Å². The molecule has 108 valence electrons. The Morgan fingerprint density at radius 3 is 2.74 bits per heavy atom. The first kappa shape index (κ1) is 16.3. The van der Waals surface area contributed by atoms with E-state index in [1.165, 1.54) is 0 Å². The highest BCUT2D eigenvalue weighted by atomic mass is 35.5. The Bertz CT molecular complexity index is 433. The molecular weight excluding hydrogens is 287 g/mol. The normalized spacial score (nSPS) is 25.3. The molecule has 1 aliphatic heterocycles. The van der Waals surface area contributed by atoms with Crippen LogP contribution in [0.25, 0.3) is 0 Å². The van der Waals surface area contributed by atoms with Crippen molar-refractivity contribution in [1.29, 1.82) is 0 Å². The highest BCUT2D eigenvalue weighted by Crippen LogP contribution is 2.28. The third-order valence-corrected chi connectivity index (χ3v) is 3.58. The van der Waals surface area contributed by atoms with E-state index in [0.29, 0.717) is 6.04 Å². The zero-order chi connectivity index (χ0) is 11.8. The van der Waals surface area contributed by atoms with Crippen molar-refractivity contribution in [2.45, 2.75) is 24.8 Å². The average Bonchev–Trinajstić information content (AvgIpc) is 2.81. The first-order valence-electron chi connectivity index (χ1n) is 6.23. The van der Waals surface area contributed by atoms with E-state index in [9.17, 15) is 4.79 Å². The van der Waals surface area contributed by atoms with E-state index in [1.54, 1.807) is 6.33 Å². The van der Waals surface area contributed by atoms with Crippen LogP contribution in [0.15, 0.2) is 12.5 Å². The van der Waals surface area contributed by atoms with Gasteiger partial charge in [0, 0.05) is 38.3 Å². The number of amides is 1. The fraction of sp³-hybridized carbons (Fsp3) is 0.667. The minimum Gasteiger partial charge on any atom is -0.353 e. The Labute approximate surface area is 125 Å². The molecule has 0 bridgehead atoms. The summed E-state index contributed by atoms with van der Waals surface area (Å²) in [6.45, 7) is 1.61. The first-order valence-corrected chi connectivity index (χ1v) is 6.23. The number of aryl methyl sites for hydroxylation is 1. The lowest BCUT2D eigenvalue weighted by molar-refractivity contribution is -0.125. The van der Waals surface area contributed by atoms with Gasteiger partial charge in [-0.3, -0.25) is 4.79 Å². The monoisotopic (exact) mass is 306 g/mol. The van der Waals surface area contributed by atoms with Gasteiger partial charge in [-0.15, -0.1) is 24.8 Å². The fourth-order valence-electron chi connectivity index (χ4n) is 2.43. The summed E-state index contributed by atoms with van der Waals surface area (Å²) in [5, 5.41) is 6.38. The van der Waals surface area contributed by atoms with Gasteiger partial charge in [-0.25, -0.2) is 4.98 Å². The number of halogens is 2. The SMILES string of the molecule is Cl.Cl.Cn1cnc(C2CNCC2C(=O)NC2CC2)c1. The number of rotatable bonds is 3. The lowest BCUT2D eigenvalue weighted by Crippen LogP contribution is -2.35. The van der Waals surface area contributed by atoms with Gasteiger partial charge >= 0.3 is 0 Å². The van der Waals surface area contributed by atoms with Gasteiger partial charge in [-0.05, 0) is 12.8 Å². The molecule has 1 aromatic rings. The molecule has 1 aliphatic carbocycles. The Kier molecular flexibility index (Phi) is 5.64. The topological polar surface area (TPSA) is 59.0 Å². The fourth-order valence-corrected chi connectivity index (χ4v) is 2.43. The Morgan fingerprint density at radius 2 is 2.16 bits per heavy atom. The largest absolute Gasteiger partial charge is 0.353 e. The van der Waals surface area contributed by atoms with Gasteiger partial charge in [0.1, 0.15) is 0 Å². The van der Waals surface area contributed by atoms with Crippen LogP contribution in [0.1, 0.15) is 24.5 Å². The zero-order valence-electron chi connectivity index (χ0n) is 10.8. The van der Waals surface area contributed by atoms with Crippen LogP contribution in [0.4, 0.5) is 0 Å². The molecule has 2 fully saturated rings. The van der Waals surface area contributed by atoms with Gasteiger partial charge < -0.3 is 15.2 Å². The number of carbonyl (C=O) groups excluding carboxylic acids is 1. The summed E-state index contributed by atoms with van der Waals surface area (Å²) in [6, 6.07) is 0.437. The van der Waals surface area contributed by atoms with Crippen LogP contribution >= 0.6 is 24.8 Å². The van der Waals surface area contributed by atoms with E-state index in [2.05, 4.69) is 15.6 Å². The third-order valence-electron chi connectivity index (χ3n) is 3.58. The second kappa shape index (κ2) is 6.59. The van der Waals surface area contributed by atoms with Gasteiger partial charge in [-0.1, -0.05) is 0 Å². The highest BCUT2D eigenvalue weighted by molar-refractivity contribution is 5.85. The van der Waals surface area contributed by atoms with Crippen LogP contribution < -0.4 is 10.6 Å². The molecule has 1 aromatic heterocycles. The lowest BCUT2D eigenvalue weighted by atomic mass is 9.92. The zero-order valence-corrected chi connectivity index (χ0v) is 12.5. The van der Waals surface area contributed by atoms with Crippen molar-refractivity contribution in [3.63, 3.8) is 0 Å². The number of hydrogen-bond acceptors (Lipinski definition) is 3. The van der Waals surface area contributed by atoms with Crippen LogP contribution in [-0.2, 0) is 11.8 Å². The highest BCUT2D eigenvalue weighted by Gasteiger charge is 2.37. The number of carbonyl (C=O) groups is 1. The molecule has 0 aromatic carbocycles. The molecular formula is C12H20Cl2N4O. The van der Waals surface area contributed by atoms with Crippen molar-refractivity contribution in [3.8, 4) is 0 Å². The van der Waals surface area contributed by atoms with Crippen molar-refractivity contribution >= 4 is 30.7 Å². The Balaban J connectivity index is 0.000000902. The molecule has 3 rings (SSSR count). The molecule has 2 heterocycles. The second-order valence-electron chi connectivity index (χ2n) is 5.12. The molecule has 5 nitrogen and oxygen atoms in total. The number of hydrogen-bond donors (Lipinski definition) is 2. The van der Waals surface area contributed by atoms with E-state index in [0.717, 1.165) is 31.6 Å². The van der Waals surface area contributed by atoms with Crippen LogP contribution in [0.5, 0.6) is 0 Å². The van der Waals surface area contributed by atoms with Gasteiger partial charge in [0.05, 0.1) is 17.9 Å². The minimum absolute atomic E-state index is 0. The lowest BCUT2D eigenvalue weighted by Gasteiger charge is -2.16. The predicted octanol–water partition coefficient (Wildman–Crippen LogP) is 0.845. The molecule has 2 N–H and O–H groups in total. The molecule has 0 radical (unpaired) electrons. The van der Waals surface area contributed by atoms with Crippen LogP contribution in [0.3, 0.4) is 0 Å². The van der Waals surface area contributed by atoms with Crippen molar-refractivity contribution in [1.82, 2.24) is 20.2 Å². The third kappa shape index (κ3) is 3.61. The summed E-state index contributed by atoms with van der Waals surface area (Å²) < 4.78 is 1.93. The Hall–Kier alpha value is -0.780. The molecule has 2 atom stereocenters. The van der Waals surface area contributed by atoms with Gasteiger partial charge in [-0.2, -0.15) is 0 Å². The van der Waals surface area contributed by atoms with Crippen LogP contribution in [0, 0.1) is 5.92 Å². The first-order chi connectivity index (χ1) is 8.24. The number of aromatic nitrogens is 2. The van der Waals surface area contributed by atoms with Crippen molar-refractivity contribution < 1.29 is 4.79 Å². The molecule has 0 spiro atoms. The average molecular weight is 307 g/mol. The summed E-state index contributed by atoms with van der Waals surface area (Å²) in [7, 11) is 1.96. The van der Waals surface area contributed by atoms with Gasteiger partial charge in [0.25, 0.3) is 0 Å². The summed E-state index contributed by atoms with van der Waals surface area (Å²) in [5.74, 6) is 0.439. The summed E-state index contributed by atoms with van der Waals surface area (Å²) in [6.07, 6.45) is 6.08. The van der Waals surface area contributed by atoms with E-state index < -0.39 is 0 Å². The summed E-state index contributed by atoms with van der Waals surface area (Å²) in [4.78, 5) is 16.5. The maximum atomic E-state index is 12.1. The van der Waals surface area contributed by atoms with Crippen LogP contribution in [-0.4, -0.2) is 34.6 Å². The van der Waals surface area contributed by atoms with Crippen molar-refractivity contribution in [2.24, 2.45) is 13.0 Å². The predicted molar refractivity (Wildman–Crippen MR) is 78.0 cm³/mol. The number of nitrogens with zero attached hydrogens (tertiary/aromatic N) is 2. The number of nitrogens with one attached hydrogen (secondary N) is 2. The molecule has 1 saturated heterocycles. The molecule has 19 heavy (non-hydrogen) atoms. The summed E-state index contributed by atoms with van der Waals surface area (Å²) in [5.41, 5.74) is 1.02. The van der Waals surface area contributed by atoms with Crippen LogP contribution in [0.2, 0.25) is 0 Å². The minimum atomic E-state index is 0. The van der Waals surface area contributed by atoms with E-state index in [4.69, 9.17) is 0 Å². The molecule has 7 heteroatoms. The summed E-state index contributed by atoms with van der Waals surface area (Å²) >= 11 is 0. The smallest absolute Gasteiger partial charge is 0.225 e. The molecule has 1 amide bonds. The standard InChI is InChI=1S/C12H18N4O.2ClH/c1-16-6-11(14-7-16)9-4-13-5-10(9)12(17)15-8-2-3-8;;/h6-10,13H,2-5H2,1H3,(H,15,17);2*1H. The second-order valence-corrected chi connectivity index (χ2v) is 5.12. The number of imidazole rings is 1. The Morgan fingerprint density at radius 1 is 1.42 bits per heavy atom. The van der Waals surface area contributed by atoms with E-state index in [1.807, 2.05) is 17.8 Å². The molecule has 1 saturated carbocycles. The maximum absolute atomic E-state index is 12.1. The van der Waals surface area contributed by atoms with Gasteiger partial charge in [0.15, 0.2) is 0 Å². The van der Waals surface area contributed by atoms with E-state index >= 15 is 0 Å². The van der Waals surface area contributed by atoms with E-state index in [-0.39, 0.29) is 42.6 Å².